The molecule has 1 N–H and O–H groups in total. The molecule has 0 aliphatic carbocycles. The van der Waals surface area contributed by atoms with E-state index in [0.29, 0.717) is 23.3 Å². The number of hydrogen-bond acceptors (Lipinski definition) is 5. The van der Waals surface area contributed by atoms with Crippen LogP contribution in [-0.4, -0.2) is 51.5 Å². The summed E-state index contributed by atoms with van der Waals surface area (Å²) in [6.07, 6.45) is -5.75. The summed E-state index contributed by atoms with van der Waals surface area (Å²) in [5.74, 6) is -0.754. The van der Waals surface area contributed by atoms with Crippen molar-refractivity contribution in [3.8, 4) is 11.4 Å². The maximum atomic E-state index is 13.3. The lowest BCUT2D eigenvalue weighted by Gasteiger charge is -2.17. The zero-order valence-electron chi connectivity index (χ0n) is 19.0. The highest BCUT2D eigenvalue weighted by Gasteiger charge is 2.34. The average Bonchev–Trinajstić information content (AvgIpc) is 3.16. The first-order valence-electron chi connectivity index (χ1n) is 10.6. The molecule has 0 saturated carbocycles. The van der Waals surface area contributed by atoms with Crippen molar-refractivity contribution in [1.29, 1.82) is 0 Å². The zero-order valence-corrected chi connectivity index (χ0v) is 19.8. The number of rotatable bonds is 5. The zero-order chi connectivity index (χ0) is 27.1. The highest BCUT2D eigenvalue weighted by Crippen LogP contribution is 2.36. The summed E-state index contributed by atoms with van der Waals surface area (Å²) >= 11 is 5.93. The van der Waals surface area contributed by atoms with Gasteiger partial charge in [-0.25, -0.2) is 14.4 Å². The summed E-state index contributed by atoms with van der Waals surface area (Å²) in [6, 6.07) is 8.83. The quantitative estimate of drug-likeness (QED) is 0.496. The molecule has 37 heavy (non-hydrogen) atoms. The molecule has 2 heterocycles. The Hall–Kier alpha value is -4.26. The van der Waals surface area contributed by atoms with Crippen LogP contribution >= 0.6 is 11.6 Å². The molecule has 1 aliphatic heterocycles. The fourth-order valence-electron chi connectivity index (χ4n) is 3.84. The van der Waals surface area contributed by atoms with E-state index >= 15 is 0 Å². The lowest BCUT2D eigenvalue weighted by atomic mass is 10.1. The van der Waals surface area contributed by atoms with Crippen molar-refractivity contribution in [3.05, 3.63) is 85.6 Å². The standard InChI is InChI=1S/C23H18ClF3N4O6/c1-28-9-10-29(20(28)33)14-5-7-15(8-6-14)30-12-17(37-22(35)36)19(32)31(21(30)34)11-13-3-2-4-16(18(13)24)23(25,26)27/h2-8,12H,9-11H2,1H3,(H,35,36). The molecule has 2 aromatic carbocycles. The summed E-state index contributed by atoms with van der Waals surface area (Å²) in [5, 5.41) is 8.32. The van der Waals surface area contributed by atoms with Crippen LogP contribution in [0.25, 0.3) is 5.69 Å². The van der Waals surface area contributed by atoms with Gasteiger partial charge >= 0.3 is 24.1 Å². The Balaban J connectivity index is 1.80. The number of alkyl halides is 3. The number of ether oxygens (including phenoxy) is 1. The molecule has 2 amide bonds. The fourth-order valence-corrected chi connectivity index (χ4v) is 4.13. The van der Waals surface area contributed by atoms with Crippen LogP contribution in [0.3, 0.4) is 0 Å². The molecule has 1 fully saturated rings. The van der Waals surface area contributed by atoms with Gasteiger partial charge < -0.3 is 14.7 Å². The molecular formula is C23H18ClF3N4O6. The van der Waals surface area contributed by atoms with Crippen LogP contribution in [0.2, 0.25) is 5.02 Å². The third-order valence-corrected chi connectivity index (χ3v) is 6.15. The second-order valence-corrected chi connectivity index (χ2v) is 8.43. The van der Waals surface area contributed by atoms with Gasteiger partial charge in [-0.1, -0.05) is 23.7 Å². The maximum Gasteiger partial charge on any atom is 0.511 e. The van der Waals surface area contributed by atoms with Gasteiger partial charge in [0.05, 0.1) is 29.0 Å². The third-order valence-electron chi connectivity index (χ3n) is 5.71. The van der Waals surface area contributed by atoms with Crippen molar-refractivity contribution in [2.45, 2.75) is 12.7 Å². The molecule has 1 aromatic heterocycles. The Kier molecular flexibility index (Phi) is 6.74. The number of carbonyl (C=O) groups is 2. The molecule has 0 spiro atoms. The van der Waals surface area contributed by atoms with Crippen molar-refractivity contribution in [1.82, 2.24) is 14.0 Å². The molecule has 10 nitrogen and oxygen atoms in total. The number of carbonyl (C=O) groups excluding carboxylic acids is 1. The number of anilines is 1. The number of likely N-dealkylation sites (N-methyl/N-ethyl adjacent to an activating group) is 1. The topological polar surface area (TPSA) is 114 Å². The number of urea groups is 1. The Bertz CT molecular complexity index is 1500. The molecule has 4 rings (SSSR count). The van der Waals surface area contributed by atoms with Crippen LogP contribution in [0.15, 0.2) is 58.3 Å². The van der Waals surface area contributed by atoms with E-state index in [1.807, 2.05) is 0 Å². The van der Waals surface area contributed by atoms with E-state index in [0.717, 1.165) is 22.9 Å². The Morgan fingerprint density at radius 2 is 1.70 bits per heavy atom. The molecule has 1 saturated heterocycles. The van der Waals surface area contributed by atoms with Crippen LogP contribution in [-0.2, 0) is 12.7 Å². The molecule has 0 unspecified atom stereocenters. The number of aromatic nitrogens is 2. The van der Waals surface area contributed by atoms with Gasteiger partial charge in [0.1, 0.15) is 0 Å². The summed E-state index contributed by atoms with van der Waals surface area (Å²) in [5.41, 5.74) is -2.80. The number of carboxylic acid groups (broad SMARTS) is 1. The number of nitrogens with zero attached hydrogens (tertiary/aromatic N) is 4. The molecule has 3 aromatic rings. The number of hydrogen-bond donors (Lipinski definition) is 1. The van der Waals surface area contributed by atoms with Crippen molar-refractivity contribution < 1.29 is 32.6 Å². The van der Waals surface area contributed by atoms with E-state index in [-0.39, 0.29) is 17.3 Å². The number of amides is 2. The Morgan fingerprint density at radius 3 is 2.27 bits per heavy atom. The molecule has 0 bridgehead atoms. The van der Waals surface area contributed by atoms with Gasteiger partial charge in [-0.15, -0.1) is 0 Å². The lowest BCUT2D eigenvalue weighted by molar-refractivity contribution is -0.137. The van der Waals surface area contributed by atoms with Gasteiger partial charge in [-0.2, -0.15) is 13.2 Å². The van der Waals surface area contributed by atoms with E-state index in [1.165, 1.54) is 28.0 Å². The van der Waals surface area contributed by atoms with E-state index < -0.39 is 46.5 Å². The second kappa shape index (κ2) is 9.65. The van der Waals surface area contributed by atoms with Crippen LogP contribution in [0.1, 0.15) is 11.1 Å². The predicted molar refractivity (Wildman–Crippen MR) is 126 cm³/mol. The third kappa shape index (κ3) is 5.03. The first-order valence-corrected chi connectivity index (χ1v) is 11.0. The number of benzene rings is 2. The van der Waals surface area contributed by atoms with Crippen molar-refractivity contribution in [3.63, 3.8) is 0 Å². The minimum absolute atomic E-state index is 0.174. The first kappa shape index (κ1) is 25.8. The fraction of sp³-hybridized carbons (Fsp3) is 0.217. The summed E-state index contributed by atoms with van der Waals surface area (Å²) in [7, 11) is 1.65. The maximum absolute atomic E-state index is 13.3. The van der Waals surface area contributed by atoms with Gasteiger partial charge in [0.2, 0.25) is 5.75 Å². The van der Waals surface area contributed by atoms with E-state index in [1.54, 1.807) is 19.2 Å². The molecule has 0 atom stereocenters. The highest BCUT2D eigenvalue weighted by molar-refractivity contribution is 6.32. The first-order chi connectivity index (χ1) is 17.4. The Morgan fingerprint density at radius 1 is 1.05 bits per heavy atom. The minimum atomic E-state index is -4.78. The van der Waals surface area contributed by atoms with Crippen molar-refractivity contribution >= 4 is 29.5 Å². The SMILES string of the molecule is CN1CCN(c2ccc(-n3cc(OC(=O)O)c(=O)n(Cc4cccc(C(F)(F)F)c4Cl)c3=O)cc2)C1=O. The summed E-state index contributed by atoms with van der Waals surface area (Å²) < 4.78 is 45.8. The van der Waals surface area contributed by atoms with Crippen LogP contribution in [0.5, 0.6) is 5.75 Å². The smallest absolute Gasteiger partial charge is 0.449 e. The van der Waals surface area contributed by atoms with Gasteiger partial charge in [0.25, 0.3) is 5.56 Å². The largest absolute Gasteiger partial charge is 0.511 e. The van der Waals surface area contributed by atoms with Gasteiger partial charge in [0.15, 0.2) is 0 Å². The second-order valence-electron chi connectivity index (χ2n) is 8.05. The minimum Gasteiger partial charge on any atom is -0.449 e. The highest BCUT2D eigenvalue weighted by atomic mass is 35.5. The average molecular weight is 539 g/mol. The monoisotopic (exact) mass is 538 g/mol. The predicted octanol–water partition coefficient (Wildman–Crippen LogP) is 3.65. The van der Waals surface area contributed by atoms with E-state index in [2.05, 4.69) is 4.74 Å². The van der Waals surface area contributed by atoms with Gasteiger partial charge in [-0.05, 0) is 35.9 Å². The summed E-state index contributed by atoms with van der Waals surface area (Å²) in [6.45, 7) is 0.288. The number of halogens is 4. The van der Waals surface area contributed by atoms with Gasteiger partial charge in [0, 0.05) is 25.8 Å². The van der Waals surface area contributed by atoms with Crippen LogP contribution < -0.4 is 20.9 Å². The van der Waals surface area contributed by atoms with Crippen molar-refractivity contribution in [2.75, 3.05) is 25.0 Å². The molecule has 1 aliphatic rings. The molecule has 194 valence electrons. The summed E-state index contributed by atoms with van der Waals surface area (Å²) in [4.78, 5) is 52.5. The normalized spacial score (nSPS) is 13.8. The van der Waals surface area contributed by atoms with Crippen LogP contribution in [0, 0.1) is 0 Å². The molecule has 14 heteroatoms. The van der Waals surface area contributed by atoms with Crippen molar-refractivity contribution in [2.24, 2.45) is 0 Å². The lowest BCUT2D eigenvalue weighted by Crippen LogP contribution is -2.40. The van der Waals surface area contributed by atoms with E-state index in [9.17, 15) is 32.3 Å². The molecular weight excluding hydrogens is 521 g/mol. The van der Waals surface area contributed by atoms with E-state index in [4.69, 9.17) is 16.7 Å². The molecule has 0 radical (unpaired) electrons. The van der Waals surface area contributed by atoms with Crippen LogP contribution in [0.4, 0.5) is 28.4 Å². The van der Waals surface area contributed by atoms with Gasteiger partial charge in [-0.3, -0.25) is 18.8 Å². The Labute approximate surface area is 211 Å².